The zero-order valence-corrected chi connectivity index (χ0v) is 12.4. The predicted molar refractivity (Wildman–Crippen MR) is 82.9 cm³/mol. The average molecular weight is 334 g/mol. The molecule has 0 spiro atoms. The molecule has 4 heteroatoms. The van der Waals surface area contributed by atoms with Crippen molar-refractivity contribution in [3.05, 3.63) is 70.0 Å². The van der Waals surface area contributed by atoms with Gasteiger partial charge >= 0.3 is 0 Å². The molecular weight excluding hydrogens is 321 g/mol. The Balaban J connectivity index is 2.05. The Kier molecular flexibility index (Phi) is 4.69. The number of anilines is 1. The van der Waals surface area contributed by atoms with E-state index in [1.165, 1.54) is 18.2 Å². The number of hydrogen-bond acceptors (Lipinski definition) is 1. The van der Waals surface area contributed by atoms with Crippen molar-refractivity contribution in [2.45, 2.75) is 6.92 Å². The van der Waals surface area contributed by atoms with Crippen LogP contribution < -0.4 is 5.32 Å². The first-order valence-electron chi connectivity index (χ1n) is 6.05. The van der Waals surface area contributed by atoms with Crippen LogP contribution in [0, 0.1) is 12.7 Å². The van der Waals surface area contributed by atoms with Crippen molar-refractivity contribution in [3.63, 3.8) is 0 Å². The number of nitrogens with one attached hydrogen (secondary N) is 1. The van der Waals surface area contributed by atoms with E-state index in [9.17, 15) is 9.18 Å². The third-order valence-corrected chi connectivity index (χ3v) is 3.31. The van der Waals surface area contributed by atoms with Gasteiger partial charge < -0.3 is 5.32 Å². The van der Waals surface area contributed by atoms with Crippen molar-refractivity contribution in [3.8, 4) is 0 Å². The van der Waals surface area contributed by atoms with Gasteiger partial charge in [0, 0.05) is 10.5 Å². The number of hydrogen-bond donors (Lipinski definition) is 1. The molecule has 0 atom stereocenters. The molecule has 0 bridgehead atoms. The van der Waals surface area contributed by atoms with Gasteiger partial charge in [-0.05, 0) is 64.3 Å². The fourth-order valence-electron chi connectivity index (χ4n) is 1.68. The van der Waals surface area contributed by atoms with E-state index in [0.717, 1.165) is 10.0 Å². The monoisotopic (exact) mass is 333 g/mol. The molecule has 1 N–H and O–H groups in total. The topological polar surface area (TPSA) is 29.1 Å². The number of amides is 1. The van der Waals surface area contributed by atoms with E-state index in [1.54, 1.807) is 18.2 Å². The Morgan fingerprint density at radius 3 is 2.75 bits per heavy atom. The lowest BCUT2D eigenvalue weighted by atomic mass is 10.2. The lowest BCUT2D eigenvalue weighted by Crippen LogP contribution is -2.08. The zero-order valence-electron chi connectivity index (χ0n) is 10.9. The lowest BCUT2D eigenvalue weighted by Gasteiger charge is -2.05. The van der Waals surface area contributed by atoms with Crippen LogP contribution in [0.1, 0.15) is 11.1 Å². The van der Waals surface area contributed by atoms with Gasteiger partial charge in [-0.3, -0.25) is 4.79 Å². The Hall–Kier alpha value is -1.94. The van der Waals surface area contributed by atoms with Crippen LogP contribution in [0.5, 0.6) is 0 Å². The maximum Gasteiger partial charge on any atom is 0.248 e. The molecule has 0 fully saturated rings. The second-order valence-corrected chi connectivity index (χ2v) is 5.22. The normalized spacial score (nSPS) is 10.8. The minimum atomic E-state index is -0.325. The minimum Gasteiger partial charge on any atom is -0.321 e. The quantitative estimate of drug-likeness (QED) is 0.820. The summed E-state index contributed by atoms with van der Waals surface area (Å²) in [5.74, 6) is -0.590. The summed E-state index contributed by atoms with van der Waals surface area (Å²) in [6.45, 7) is 1.97. The molecule has 1 amide bonds. The molecule has 0 saturated heterocycles. The molecule has 0 saturated carbocycles. The maximum absolute atomic E-state index is 13.0. The average Bonchev–Trinajstić information content (AvgIpc) is 2.40. The van der Waals surface area contributed by atoms with Gasteiger partial charge in [-0.2, -0.15) is 0 Å². The van der Waals surface area contributed by atoms with Crippen LogP contribution in [0.25, 0.3) is 6.08 Å². The molecule has 2 aromatic carbocycles. The summed E-state index contributed by atoms with van der Waals surface area (Å²) in [5.41, 5.74) is 2.44. The summed E-state index contributed by atoms with van der Waals surface area (Å²) in [6, 6.07) is 11.7. The fraction of sp³-hybridized carbons (Fsp3) is 0.0625. The Morgan fingerprint density at radius 1 is 1.25 bits per heavy atom. The smallest absolute Gasteiger partial charge is 0.248 e. The van der Waals surface area contributed by atoms with E-state index in [0.29, 0.717) is 11.3 Å². The van der Waals surface area contributed by atoms with E-state index < -0.39 is 0 Å². The van der Waals surface area contributed by atoms with Gasteiger partial charge in [-0.15, -0.1) is 0 Å². The second kappa shape index (κ2) is 6.48. The summed E-state index contributed by atoms with van der Waals surface area (Å²) < 4.78 is 13.8. The Morgan fingerprint density at radius 2 is 2.05 bits per heavy atom. The largest absolute Gasteiger partial charge is 0.321 e. The van der Waals surface area contributed by atoms with Gasteiger partial charge in [0.05, 0.1) is 5.69 Å². The summed E-state index contributed by atoms with van der Waals surface area (Å²) in [6.07, 6.45) is 2.95. The fourth-order valence-corrected chi connectivity index (χ4v) is 2.27. The third kappa shape index (κ3) is 4.03. The van der Waals surface area contributed by atoms with Gasteiger partial charge in [0.1, 0.15) is 5.82 Å². The van der Waals surface area contributed by atoms with E-state index in [1.807, 2.05) is 25.1 Å². The number of benzene rings is 2. The highest BCUT2D eigenvalue weighted by atomic mass is 79.9. The number of carbonyl (C=O) groups excluding carboxylic acids is 1. The van der Waals surface area contributed by atoms with Crippen molar-refractivity contribution in [2.24, 2.45) is 0 Å². The van der Waals surface area contributed by atoms with Crippen LogP contribution in [0.4, 0.5) is 10.1 Å². The Labute approximate surface area is 125 Å². The third-order valence-electron chi connectivity index (χ3n) is 2.66. The summed E-state index contributed by atoms with van der Waals surface area (Å²) in [5, 5.41) is 2.76. The second-order valence-electron chi connectivity index (χ2n) is 4.36. The van der Waals surface area contributed by atoms with Crippen LogP contribution in [0.3, 0.4) is 0 Å². The molecule has 0 heterocycles. The minimum absolute atomic E-state index is 0.265. The molecule has 20 heavy (non-hydrogen) atoms. The first-order chi connectivity index (χ1) is 9.54. The highest BCUT2D eigenvalue weighted by Gasteiger charge is 2.02. The van der Waals surface area contributed by atoms with E-state index in [-0.39, 0.29) is 11.7 Å². The van der Waals surface area contributed by atoms with E-state index in [4.69, 9.17) is 0 Å². The molecule has 0 aliphatic rings. The highest BCUT2D eigenvalue weighted by molar-refractivity contribution is 9.10. The van der Waals surface area contributed by atoms with Crippen LogP contribution >= 0.6 is 15.9 Å². The van der Waals surface area contributed by atoms with Crippen molar-refractivity contribution < 1.29 is 9.18 Å². The van der Waals surface area contributed by atoms with Gasteiger partial charge in [0.2, 0.25) is 5.91 Å². The number of aryl methyl sites for hydroxylation is 1. The number of rotatable bonds is 3. The molecule has 0 aliphatic carbocycles. The van der Waals surface area contributed by atoms with Crippen molar-refractivity contribution in [2.75, 3.05) is 5.32 Å². The van der Waals surface area contributed by atoms with Crippen LogP contribution in [0.2, 0.25) is 0 Å². The van der Waals surface area contributed by atoms with Crippen LogP contribution in [0.15, 0.2) is 53.0 Å². The van der Waals surface area contributed by atoms with Crippen LogP contribution in [-0.2, 0) is 4.79 Å². The predicted octanol–water partition coefficient (Wildman–Crippen LogP) is 4.55. The van der Waals surface area contributed by atoms with Gasteiger partial charge in [0.25, 0.3) is 0 Å². The first kappa shape index (κ1) is 14.5. The highest BCUT2D eigenvalue weighted by Crippen LogP contribution is 2.23. The summed E-state index contributed by atoms with van der Waals surface area (Å²) >= 11 is 3.39. The Bertz CT molecular complexity index is 667. The van der Waals surface area contributed by atoms with Crippen molar-refractivity contribution in [1.29, 1.82) is 0 Å². The van der Waals surface area contributed by atoms with Gasteiger partial charge in [-0.25, -0.2) is 4.39 Å². The standard InChI is InChI=1S/C16H13BrFNO/c1-11-5-7-15(14(17)9-11)19-16(20)8-6-12-3-2-4-13(18)10-12/h2-10H,1H3,(H,19,20). The molecule has 0 aliphatic heterocycles. The molecule has 2 aromatic rings. The molecule has 2 nitrogen and oxygen atoms in total. The van der Waals surface area contributed by atoms with Crippen molar-refractivity contribution in [1.82, 2.24) is 0 Å². The lowest BCUT2D eigenvalue weighted by molar-refractivity contribution is -0.111. The summed E-state index contributed by atoms with van der Waals surface area (Å²) in [7, 11) is 0. The molecule has 102 valence electrons. The maximum atomic E-state index is 13.0. The molecule has 0 radical (unpaired) electrons. The molecule has 2 rings (SSSR count). The van der Waals surface area contributed by atoms with Crippen molar-refractivity contribution >= 4 is 33.6 Å². The van der Waals surface area contributed by atoms with Gasteiger partial charge in [-0.1, -0.05) is 18.2 Å². The first-order valence-corrected chi connectivity index (χ1v) is 6.85. The SMILES string of the molecule is Cc1ccc(NC(=O)C=Cc2cccc(F)c2)c(Br)c1. The molecule has 0 unspecified atom stereocenters. The van der Waals surface area contributed by atoms with Crippen LogP contribution in [-0.4, -0.2) is 5.91 Å². The van der Waals surface area contributed by atoms with E-state index in [2.05, 4.69) is 21.2 Å². The number of carbonyl (C=O) groups is 1. The number of halogens is 2. The van der Waals surface area contributed by atoms with Gasteiger partial charge in [0.15, 0.2) is 0 Å². The molecule has 0 aromatic heterocycles. The zero-order chi connectivity index (χ0) is 14.5. The van der Waals surface area contributed by atoms with E-state index >= 15 is 0 Å². The summed E-state index contributed by atoms with van der Waals surface area (Å²) in [4.78, 5) is 11.8. The molecular formula is C16H13BrFNO.